The molecule has 182 valence electrons. The topological polar surface area (TPSA) is 59.1 Å². The van der Waals surface area contributed by atoms with Crippen molar-refractivity contribution in [2.45, 2.75) is 69.8 Å². The maximum Gasteiger partial charge on any atom is 0.225 e. The van der Waals surface area contributed by atoms with Crippen molar-refractivity contribution in [2.24, 2.45) is 5.92 Å². The lowest BCUT2D eigenvalue weighted by Gasteiger charge is -2.43. The summed E-state index contributed by atoms with van der Waals surface area (Å²) < 4.78 is 12.3. The summed E-state index contributed by atoms with van der Waals surface area (Å²) in [5.74, 6) is 1.58. The Morgan fingerprint density at radius 2 is 1.82 bits per heavy atom. The second-order valence-electron chi connectivity index (χ2n) is 9.90. The Kier molecular flexibility index (Phi) is 8.53. The summed E-state index contributed by atoms with van der Waals surface area (Å²) in [5.41, 5.74) is -0.849. The molecule has 3 fully saturated rings. The van der Waals surface area contributed by atoms with E-state index in [1.54, 1.807) is 12.1 Å². The molecule has 0 spiro atoms. The zero-order valence-electron chi connectivity index (χ0n) is 19.6. The van der Waals surface area contributed by atoms with Gasteiger partial charge in [0.1, 0.15) is 18.0 Å². The van der Waals surface area contributed by atoms with Gasteiger partial charge in [0.15, 0.2) is 0 Å². The third kappa shape index (κ3) is 6.86. The first-order valence-corrected chi connectivity index (χ1v) is 13.0. The van der Waals surface area contributed by atoms with E-state index in [2.05, 4.69) is 0 Å². The molecule has 2 aliphatic heterocycles. The Hall–Kier alpha value is -1.79. The number of carbonyl (C=O) groups excluding carboxylic acids is 2. The van der Waals surface area contributed by atoms with Crippen molar-refractivity contribution in [3.63, 3.8) is 0 Å². The molecule has 1 aliphatic carbocycles. The van der Waals surface area contributed by atoms with Crippen LogP contribution in [-0.2, 0) is 14.3 Å². The van der Waals surface area contributed by atoms with Gasteiger partial charge in [-0.25, -0.2) is 0 Å². The number of benzene rings is 1. The molecule has 2 amide bonds. The first-order valence-electron chi connectivity index (χ1n) is 12.6. The fraction of sp³-hybridized carbons (Fsp3) is 0.692. The summed E-state index contributed by atoms with van der Waals surface area (Å²) in [5, 5.41) is 0.597. The van der Waals surface area contributed by atoms with Crippen molar-refractivity contribution in [1.29, 1.82) is 0 Å². The fourth-order valence-corrected chi connectivity index (χ4v) is 5.57. The van der Waals surface area contributed by atoms with Gasteiger partial charge in [-0.15, -0.1) is 0 Å². The number of rotatable bonds is 8. The van der Waals surface area contributed by atoms with E-state index < -0.39 is 5.60 Å². The molecule has 1 aromatic carbocycles. The Balaban J connectivity index is 1.43. The predicted molar refractivity (Wildman–Crippen MR) is 128 cm³/mol. The lowest BCUT2D eigenvalue weighted by molar-refractivity contribution is -0.166. The third-order valence-corrected chi connectivity index (χ3v) is 7.56. The SMILES string of the molecule is O=C(CC1(COc2cccc(Cl)c2)CN(C(=O)CCC2CCCC2)CCO1)N1CCCCC1. The van der Waals surface area contributed by atoms with Crippen LogP contribution in [0.15, 0.2) is 24.3 Å². The van der Waals surface area contributed by atoms with Crippen LogP contribution in [-0.4, -0.2) is 66.6 Å². The average molecular weight is 477 g/mol. The highest BCUT2D eigenvalue weighted by Gasteiger charge is 2.42. The van der Waals surface area contributed by atoms with E-state index in [9.17, 15) is 9.59 Å². The minimum atomic E-state index is -0.849. The highest BCUT2D eigenvalue weighted by Crippen LogP contribution is 2.30. The van der Waals surface area contributed by atoms with Crippen molar-refractivity contribution in [3.05, 3.63) is 29.3 Å². The standard InChI is InChI=1S/C26H37ClN2O4/c27-22-9-6-10-23(17-22)32-20-26(18-25(31)28-13-4-1-5-14-28)19-29(15-16-33-26)24(30)12-11-21-7-2-3-8-21/h6,9-10,17,21H,1-5,7-8,11-16,18-20H2. The van der Waals surface area contributed by atoms with Gasteiger partial charge < -0.3 is 19.3 Å². The average Bonchev–Trinajstić information content (AvgIpc) is 3.36. The largest absolute Gasteiger partial charge is 0.490 e. The van der Waals surface area contributed by atoms with Gasteiger partial charge in [-0.1, -0.05) is 43.4 Å². The number of hydrogen-bond acceptors (Lipinski definition) is 4. The lowest BCUT2D eigenvalue weighted by atomic mass is 9.95. The fourth-order valence-electron chi connectivity index (χ4n) is 5.39. The molecule has 0 radical (unpaired) electrons. The van der Waals surface area contributed by atoms with Crippen LogP contribution >= 0.6 is 11.6 Å². The lowest BCUT2D eigenvalue weighted by Crippen LogP contribution is -2.58. The highest BCUT2D eigenvalue weighted by molar-refractivity contribution is 6.30. The number of hydrogen-bond donors (Lipinski definition) is 0. The van der Waals surface area contributed by atoms with Gasteiger partial charge >= 0.3 is 0 Å². The minimum absolute atomic E-state index is 0.0876. The molecule has 0 N–H and O–H groups in total. The number of halogens is 1. The second-order valence-corrected chi connectivity index (χ2v) is 10.3. The Labute approximate surface area is 202 Å². The molecule has 1 aromatic rings. The van der Waals surface area contributed by atoms with E-state index in [-0.39, 0.29) is 24.8 Å². The molecule has 3 aliphatic rings. The third-order valence-electron chi connectivity index (χ3n) is 7.32. The molecule has 0 bridgehead atoms. The summed E-state index contributed by atoms with van der Waals surface area (Å²) in [6.07, 6.45) is 10.1. The van der Waals surface area contributed by atoms with E-state index in [0.717, 1.165) is 32.4 Å². The van der Waals surface area contributed by atoms with Crippen LogP contribution in [0.4, 0.5) is 0 Å². The van der Waals surface area contributed by atoms with Crippen molar-refractivity contribution in [1.82, 2.24) is 9.80 Å². The van der Waals surface area contributed by atoms with Gasteiger partial charge in [0, 0.05) is 31.1 Å². The van der Waals surface area contributed by atoms with Crippen molar-refractivity contribution >= 4 is 23.4 Å². The van der Waals surface area contributed by atoms with Crippen LogP contribution in [0.25, 0.3) is 0 Å². The summed E-state index contributed by atoms with van der Waals surface area (Å²) in [4.78, 5) is 30.1. The van der Waals surface area contributed by atoms with Crippen molar-refractivity contribution < 1.29 is 19.1 Å². The molecule has 2 heterocycles. The van der Waals surface area contributed by atoms with E-state index in [1.165, 1.54) is 32.1 Å². The molecule has 1 unspecified atom stereocenters. The van der Waals surface area contributed by atoms with Gasteiger partial charge in [-0.2, -0.15) is 0 Å². The second kappa shape index (κ2) is 11.6. The van der Waals surface area contributed by atoms with Crippen molar-refractivity contribution in [2.75, 3.05) is 39.4 Å². The van der Waals surface area contributed by atoms with Crippen LogP contribution in [0.3, 0.4) is 0 Å². The monoisotopic (exact) mass is 476 g/mol. The maximum atomic E-state index is 13.2. The number of ether oxygens (including phenoxy) is 2. The van der Waals surface area contributed by atoms with E-state index in [0.29, 0.717) is 42.8 Å². The van der Waals surface area contributed by atoms with Crippen molar-refractivity contribution in [3.8, 4) is 5.75 Å². The van der Waals surface area contributed by atoms with Crippen LogP contribution in [0.2, 0.25) is 5.02 Å². The molecular weight excluding hydrogens is 440 g/mol. The molecule has 4 rings (SSSR count). The smallest absolute Gasteiger partial charge is 0.225 e. The summed E-state index contributed by atoms with van der Waals surface area (Å²) >= 11 is 6.12. The number of likely N-dealkylation sites (tertiary alicyclic amines) is 1. The van der Waals surface area contributed by atoms with E-state index in [4.69, 9.17) is 21.1 Å². The van der Waals surface area contributed by atoms with E-state index in [1.807, 2.05) is 21.9 Å². The number of morpholine rings is 1. The molecule has 1 saturated carbocycles. The number of piperidine rings is 1. The zero-order valence-corrected chi connectivity index (χ0v) is 20.4. The molecule has 6 nitrogen and oxygen atoms in total. The van der Waals surface area contributed by atoms with Crippen LogP contribution in [0.5, 0.6) is 5.75 Å². The molecular formula is C26H37ClN2O4. The zero-order chi connectivity index (χ0) is 23.1. The summed E-state index contributed by atoms with van der Waals surface area (Å²) in [6, 6.07) is 7.24. The van der Waals surface area contributed by atoms with Crippen LogP contribution in [0.1, 0.15) is 64.2 Å². The summed E-state index contributed by atoms with van der Waals surface area (Å²) in [6.45, 7) is 3.18. The molecule has 7 heteroatoms. The molecule has 33 heavy (non-hydrogen) atoms. The highest BCUT2D eigenvalue weighted by atomic mass is 35.5. The van der Waals surface area contributed by atoms with Gasteiger partial charge in [0.2, 0.25) is 11.8 Å². The Morgan fingerprint density at radius 3 is 2.58 bits per heavy atom. The van der Waals surface area contributed by atoms with Gasteiger partial charge in [0.05, 0.1) is 19.6 Å². The molecule has 1 atom stereocenters. The normalized spacial score (nSPS) is 24.2. The Morgan fingerprint density at radius 1 is 1.03 bits per heavy atom. The quantitative estimate of drug-likeness (QED) is 0.546. The number of carbonyl (C=O) groups is 2. The van der Waals surface area contributed by atoms with Crippen LogP contribution in [0, 0.1) is 5.92 Å². The number of amides is 2. The minimum Gasteiger partial charge on any atom is -0.490 e. The maximum absolute atomic E-state index is 13.2. The van der Waals surface area contributed by atoms with Gasteiger partial charge in [-0.05, 0) is 49.8 Å². The van der Waals surface area contributed by atoms with Gasteiger partial charge in [0.25, 0.3) is 0 Å². The Bertz CT molecular complexity index is 807. The number of nitrogens with zero attached hydrogens (tertiary/aromatic N) is 2. The first-order chi connectivity index (χ1) is 16.0. The predicted octanol–water partition coefficient (Wildman–Crippen LogP) is 4.69. The van der Waals surface area contributed by atoms with Crippen LogP contribution < -0.4 is 4.74 Å². The first kappa shape index (κ1) is 24.3. The van der Waals surface area contributed by atoms with E-state index >= 15 is 0 Å². The van der Waals surface area contributed by atoms with Gasteiger partial charge in [-0.3, -0.25) is 9.59 Å². The molecule has 2 saturated heterocycles. The molecule has 0 aromatic heterocycles. The summed E-state index contributed by atoms with van der Waals surface area (Å²) in [7, 11) is 0.